The van der Waals surface area contributed by atoms with Crippen molar-refractivity contribution in [3.05, 3.63) is 0 Å². The molecule has 0 heterocycles. The highest BCUT2D eigenvalue weighted by molar-refractivity contribution is 7.98. The van der Waals surface area contributed by atoms with Crippen molar-refractivity contribution < 1.29 is 44.1 Å². The van der Waals surface area contributed by atoms with Gasteiger partial charge in [0, 0.05) is 6.42 Å². The van der Waals surface area contributed by atoms with E-state index in [-0.39, 0.29) is 6.42 Å². The fourth-order valence-corrected chi connectivity index (χ4v) is 2.71. The molecule has 13 nitrogen and oxygen atoms in total. The van der Waals surface area contributed by atoms with E-state index >= 15 is 0 Å². The van der Waals surface area contributed by atoms with Crippen LogP contribution in [0, 0.1) is 0 Å². The monoisotopic (exact) mass is 464 g/mol. The Morgan fingerprint density at radius 3 is 1.87 bits per heavy atom. The molecule has 4 atom stereocenters. The number of thioether (sulfide) groups is 1. The second kappa shape index (κ2) is 14.2. The Hall–Kier alpha value is -2.87. The van der Waals surface area contributed by atoms with Gasteiger partial charge in [0.25, 0.3) is 0 Å². The average Bonchev–Trinajstić information content (AvgIpc) is 2.67. The van der Waals surface area contributed by atoms with Gasteiger partial charge in [-0.1, -0.05) is 0 Å². The first-order valence-electron chi connectivity index (χ1n) is 9.21. The molecule has 0 saturated carbocycles. The van der Waals surface area contributed by atoms with E-state index in [0.29, 0.717) is 12.2 Å². The van der Waals surface area contributed by atoms with Gasteiger partial charge in [0.2, 0.25) is 17.7 Å². The lowest BCUT2D eigenvalue weighted by molar-refractivity contribution is -0.143. The molecule has 0 saturated heterocycles. The second-order valence-corrected chi connectivity index (χ2v) is 7.59. The number of rotatable bonds is 15. The first kappa shape index (κ1) is 28.1. The zero-order valence-electron chi connectivity index (χ0n) is 17.1. The number of carboxylic acid groups (broad SMARTS) is 3. The van der Waals surface area contributed by atoms with Gasteiger partial charge in [0.1, 0.15) is 18.1 Å². The largest absolute Gasteiger partial charge is 0.481 e. The molecule has 0 aromatic heterocycles. The number of hydrogen-bond acceptors (Lipinski definition) is 8. The molecule has 31 heavy (non-hydrogen) atoms. The van der Waals surface area contributed by atoms with Crippen molar-refractivity contribution >= 4 is 47.4 Å². The summed E-state index contributed by atoms with van der Waals surface area (Å²) in [6, 6.07) is -5.36. The Balaban J connectivity index is 5.38. The third-order valence-electron chi connectivity index (χ3n) is 3.99. The lowest BCUT2D eigenvalue weighted by atomic mass is 10.1. The van der Waals surface area contributed by atoms with E-state index in [2.05, 4.69) is 10.6 Å². The molecule has 176 valence electrons. The van der Waals surface area contributed by atoms with Crippen molar-refractivity contribution in [2.75, 3.05) is 12.0 Å². The van der Waals surface area contributed by atoms with Crippen molar-refractivity contribution in [3.8, 4) is 0 Å². The standard InChI is InChI=1S/C17H28N4O9S/c1-8(17(29)30)19-16(28)11(7-13(24)25)21-15(27)10(3-4-12(22)23)20-14(26)9(18)5-6-31-2/h8-11H,3-7,18H2,1-2H3,(H,19,28)(H,20,26)(H,21,27)(H,22,23)(H,24,25)(H,29,30). The number of amides is 3. The fourth-order valence-electron chi connectivity index (χ4n) is 2.22. The number of carbonyl (C=O) groups excluding carboxylic acids is 3. The number of carboxylic acids is 3. The quantitative estimate of drug-likeness (QED) is 0.140. The predicted molar refractivity (Wildman–Crippen MR) is 109 cm³/mol. The summed E-state index contributed by atoms with van der Waals surface area (Å²) in [4.78, 5) is 69.8. The van der Waals surface area contributed by atoms with Crippen LogP contribution in [-0.2, 0) is 28.8 Å². The Labute approximate surface area is 182 Å². The third kappa shape index (κ3) is 11.8. The number of nitrogens with two attached hydrogens (primary N) is 1. The summed E-state index contributed by atoms with van der Waals surface area (Å²) >= 11 is 1.45. The molecular formula is C17H28N4O9S. The van der Waals surface area contributed by atoms with Crippen LogP contribution in [0.25, 0.3) is 0 Å². The number of hydrogen-bond donors (Lipinski definition) is 7. The van der Waals surface area contributed by atoms with E-state index in [1.54, 1.807) is 0 Å². The van der Waals surface area contributed by atoms with E-state index in [1.807, 2.05) is 11.6 Å². The number of nitrogens with one attached hydrogen (secondary N) is 3. The number of aliphatic carboxylic acids is 3. The molecule has 4 unspecified atom stereocenters. The molecule has 0 rings (SSSR count). The van der Waals surface area contributed by atoms with Crippen LogP contribution in [0.15, 0.2) is 0 Å². The van der Waals surface area contributed by atoms with Crippen LogP contribution < -0.4 is 21.7 Å². The van der Waals surface area contributed by atoms with E-state index in [0.717, 1.165) is 6.92 Å². The highest BCUT2D eigenvalue weighted by Crippen LogP contribution is 2.04. The molecular weight excluding hydrogens is 436 g/mol. The molecule has 0 aromatic rings. The van der Waals surface area contributed by atoms with Gasteiger partial charge in [-0.2, -0.15) is 11.8 Å². The molecule has 0 aliphatic heterocycles. The Bertz CT molecular complexity index is 689. The Kier molecular flexibility index (Phi) is 12.9. The van der Waals surface area contributed by atoms with Gasteiger partial charge in [0.05, 0.1) is 12.5 Å². The topological polar surface area (TPSA) is 225 Å². The average molecular weight is 464 g/mol. The Morgan fingerprint density at radius 2 is 1.39 bits per heavy atom. The maximum absolute atomic E-state index is 12.6. The molecule has 0 spiro atoms. The normalized spacial score (nSPS) is 14.4. The first-order valence-corrected chi connectivity index (χ1v) is 10.6. The lowest BCUT2D eigenvalue weighted by Gasteiger charge is -2.23. The summed E-state index contributed by atoms with van der Waals surface area (Å²) in [5.74, 6) is -6.27. The van der Waals surface area contributed by atoms with E-state index < -0.39 is 72.6 Å². The minimum Gasteiger partial charge on any atom is -0.481 e. The highest BCUT2D eigenvalue weighted by Gasteiger charge is 2.30. The molecule has 0 fully saturated rings. The summed E-state index contributed by atoms with van der Waals surface area (Å²) in [7, 11) is 0. The minimum atomic E-state index is -1.65. The van der Waals surface area contributed by atoms with Crippen molar-refractivity contribution in [2.45, 2.75) is 56.8 Å². The number of carbonyl (C=O) groups is 6. The summed E-state index contributed by atoms with van der Waals surface area (Å²) in [5, 5.41) is 33.2. The van der Waals surface area contributed by atoms with Crippen molar-refractivity contribution in [2.24, 2.45) is 5.73 Å². The van der Waals surface area contributed by atoms with Crippen LogP contribution >= 0.6 is 11.8 Å². The van der Waals surface area contributed by atoms with Crippen molar-refractivity contribution in [1.29, 1.82) is 0 Å². The van der Waals surface area contributed by atoms with Crippen molar-refractivity contribution in [3.63, 3.8) is 0 Å². The van der Waals surface area contributed by atoms with Crippen LogP contribution in [0.2, 0.25) is 0 Å². The molecule has 14 heteroatoms. The molecule has 0 bridgehead atoms. The van der Waals surface area contributed by atoms with Gasteiger partial charge in [-0.3, -0.25) is 28.8 Å². The summed E-state index contributed by atoms with van der Waals surface area (Å²) in [6.45, 7) is 1.14. The lowest BCUT2D eigenvalue weighted by Crippen LogP contribution is -2.57. The van der Waals surface area contributed by atoms with E-state index in [4.69, 9.17) is 21.1 Å². The van der Waals surface area contributed by atoms with Gasteiger partial charge >= 0.3 is 17.9 Å². The van der Waals surface area contributed by atoms with Crippen LogP contribution in [0.1, 0.15) is 32.6 Å². The molecule has 3 amide bonds. The summed E-state index contributed by atoms with van der Waals surface area (Å²) in [6.07, 6.45) is 0.417. The highest BCUT2D eigenvalue weighted by atomic mass is 32.2. The Morgan fingerprint density at radius 1 is 0.839 bits per heavy atom. The fraction of sp³-hybridized carbons (Fsp3) is 0.647. The third-order valence-corrected chi connectivity index (χ3v) is 4.63. The molecule has 0 aliphatic rings. The van der Waals surface area contributed by atoms with Gasteiger partial charge in [-0.25, -0.2) is 0 Å². The predicted octanol–water partition coefficient (Wildman–Crippen LogP) is -2.03. The van der Waals surface area contributed by atoms with Crippen molar-refractivity contribution in [1.82, 2.24) is 16.0 Å². The minimum absolute atomic E-state index is 0.303. The van der Waals surface area contributed by atoms with E-state index in [1.165, 1.54) is 11.8 Å². The maximum atomic E-state index is 12.6. The molecule has 0 aromatic carbocycles. The second-order valence-electron chi connectivity index (χ2n) is 6.61. The van der Waals surface area contributed by atoms with Gasteiger partial charge in [-0.15, -0.1) is 0 Å². The van der Waals surface area contributed by atoms with Gasteiger partial charge < -0.3 is 37.0 Å². The zero-order valence-corrected chi connectivity index (χ0v) is 17.9. The van der Waals surface area contributed by atoms with Crippen LogP contribution in [0.4, 0.5) is 0 Å². The van der Waals surface area contributed by atoms with Crippen LogP contribution in [-0.4, -0.2) is 87.1 Å². The molecule has 0 aliphatic carbocycles. The first-order chi connectivity index (χ1) is 14.4. The summed E-state index contributed by atoms with van der Waals surface area (Å²) < 4.78 is 0. The SMILES string of the molecule is CSCCC(N)C(=O)NC(CCC(=O)O)C(=O)NC(CC(=O)O)C(=O)NC(C)C(=O)O. The van der Waals surface area contributed by atoms with Crippen LogP contribution in [0.3, 0.4) is 0 Å². The zero-order chi connectivity index (χ0) is 24.1. The molecule has 8 N–H and O–H groups in total. The molecule has 0 radical (unpaired) electrons. The van der Waals surface area contributed by atoms with Gasteiger partial charge in [0.15, 0.2) is 0 Å². The van der Waals surface area contributed by atoms with Gasteiger partial charge in [-0.05, 0) is 31.8 Å². The smallest absolute Gasteiger partial charge is 0.325 e. The van der Waals surface area contributed by atoms with Crippen LogP contribution in [0.5, 0.6) is 0 Å². The maximum Gasteiger partial charge on any atom is 0.325 e. The summed E-state index contributed by atoms with van der Waals surface area (Å²) in [5.41, 5.74) is 5.74. The van der Waals surface area contributed by atoms with E-state index in [9.17, 15) is 28.8 Å².